The largest absolute Gasteiger partial charge is 0.497 e. The van der Waals surface area contributed by atoms with Crippen LogP contribution in [0.4, 0.5) is 0 Å². The predicted molar refractivity (Wildman–Crippen MR) is 79.9 cm³/mol. The highest BCUT2D eigenvalue weighted by Gasteiger charge is 2.46. The molecule has 0 saturated carbocycles. The Morgan fingerprint density at radius 3 is 2.59 bits per heavy atom. The Bertz CT molecular complexity index is 572. The van der Waals surface area contributed by atoms with Crippen molar-refractivity contribution in [3.8, 4) is 11.5 Å². The second kappa shape index (κ2) is 6.68. The summed E-state index contributed by atoms with van der Waals surface area (Å²) in [5.74, 6) is 0.222. The van der Waals surface area contributed by atoms with Crippen molar-refractivity contribution in [1.29, 1.82) is 0 Å². The average Bonchev–Trinajstić information content (AvgIpc) is 2.52. The summed E-state index contributed by atoms with van der Waals surface area (Å²) in [6.07, 6.45) is 0.635. The van der Waals surface area contributed by atoms with Crippen molar-refractivity contribution in [2.24, 2.45) is 5.92 Å². The van der Waals surface area contributed by atoms with Crippen molar-refractivity contribution >= 4 is 11.9 Å². The Morgan fingerprint density at radius 1 is 1.32 bits per heavy atom. The number of carbonyl (C=O) groups excluding carboxylic acids is 1. The maximum absolute atomic E-state index is 12.2. The number of carbonyl (C=O) groups is 2. The topological polar surface area (TPSA) is 76.1 Å². The number of ether oxygens (including phenoxy) is 2. The highest BCUT2D eigenvalue weighted by Crippen LogP contribution is 2.35. The van der Waals surface area contributed by atoms with Gasteiger partial charge in [-0.1, -0.05) is 6.92 Å². The van der Waals surface area contributed by atoms with E-state index in [1.54, 1.807) is 31.3 Å². The standard InChI is InChI=1S/C16H21NO5/c1-4-12-13(8-15(18)19)17(16(12)20)9-10-5-6-11(21-2)7-14(10)22-3/h5-7,12-13H,4,8-9H2,1-3H3,(H,18,19)/t12-,13-/m1/s1. The van der Waals surface area contributed by atoms with Crippen molar-refractivity contribution < 1.29 is 24.2 Å². The van der Waals surface area contributed by atoms with Crippen LogP contribution in [-0.4, -0.2) is 42.1 Å². The van der Waals surface area contributed by atoms with Gasteiger partial charge in [0, 0.05) is 18.2 Å². The number of hydrogen-bond acceptors (Lipinski definition) is 4. The molecule has 0 unspecified atom stereocenters. The molecule has 120 valence electrons. The average molecular weight is 307 g/mol. The molecule has 0 bridgehead atoms. The van der Waals surface area contributed by atoms with Crippen LogP contribution in [0.25, 0.3) is 0 Å². The first-order valence-electron chi connectivity index (χ1n) is 7.25. The third-order valence-corrected chi connectivity index (χ3v) is 4.12. The van der Waals surface area contributed by atoms with E-state index in [-0.39, 0.29) is 24.3 Å². The van der Waals surface area contributed by atoms with Crippen LogP contribution < -0.4 is 9.47 Å². The third kappa shape index (κ3) is 3.00. The van der Waals surface area contributed by atoms with E-state index in [9.17, 15) is 9.59 Å². The van der Waals surface area contributed by atoms with Gasteiger partial charge in [-0.25, -0.2) is 0 Å². The van der Waals surface area contributed by atoms with E-state index in [0.29, 0.717) is 24.5 Å². The molecule has 1 saturated heterocycles. The first kappa shape index (κ1) is 16.1. The van der Waals surface area contributed by atoms with Gasteiger partial charge < -0.3 is 19.5 Å². The summed E-state index contributed by atoms with van der Waals surface area (Å²) in [5, 5.41) is 9.02. The van der Waals surface area contributed by atoms with Crippen LogP contribution >= 0.6 is 0 Å². The monoisotopic (exact) mass is 307 g/mol. The van der Waals surface area contributed by atoms with Crippen LogP contribution in [0.15, 0.2) is 18.2 Å². The first-order valence-corrected chi connectivity index (χ1v) is 7.25. The fourth-order valence-corrected chi connectivity index (χ4v) is 2.92. The van der Waals surface area contributed by atoms with Crippen molar-refractivity contribution in [2.45, 2.75) is 32.4 Å². The van der Waals surface area contributed by atoms with Crippen LogP contribution in [0.2, 0.25) is 0 Å². The Morgan fingerprint density at radius 2 is 2.05 bits per heavy atom. The van der Waals surface area contributed by atoms with E-state index in [2.05, 4.69) is 0 Å². The van der Waals surface area contributed by atoms with Gasteiger partial charge in [-0.05, 0) is 18.6 Å². The van der Waals surface area contributed by atoms with Gasteiger partial charge in [0.25, 0.3) is 0 Å². The fourth-order valence-electron chi connectivity index (χ4n) is 2.92. The molecule has 6 nitrogen and oxygen atoms in total. The van der Waals surface area contributed by atoms with Crippen molar-refractivity contribution in [3.05, 3.63) is 23.8 Å². The number of benzene rings is 1. The number of nitrogens with zero attached hydrogens (tertiary/aromatic N) is 1. The third-order valence-electron chi connectivity index (χ3n) is 4.12. The summed E-state index contributed by atoms with van der Waals surface area (Å²) in [6, 6.07) is 5.14. The lowest BCUT2D eigenvalue weighted by Crippen LogP contribution is -2.60. The van der Waals surface area contributed by atoms with E-state index in [1.807, 2.05) is 13.0 Å². The van der Waals surface area contributed by atoms with E-state index in [0.717, 1.165) is 5.56 Å². The molecule has 1 N–H and O–H groups in total. The molecular formula is C16H21NO5. The Balaban J connectivity index is 2.18. The molecule has 1 aliphatic rings. The van der Waals surface area contributed by atoms with Gasteiger partial charge >= 0.3 is 5.97 Å². The SMILES string of the molecule is CC[C@H]1C(=O)N(Cc2ccc(OC)cc2OC)[C@@H]1CC(=O)O. The first-order chi connectivity index (χ1) is 10.5. The lowest BCUT2D eigenvalue weighted by Gasteiger charge is -2.46. The second-order valence-electron chi connectivity index (χ2n) is 5.32. The minimum Gasteiger partial charge on any atom is -0.497 e. The molecule has 0 aliphatic carbocycles. The zero-order valence-electron chi connectivity index (χ0n) is 13.0. The van der Waals surface area contributed by atoms with Crippen molar-refractivity contribution in [2.75, 3.05) is 14.2 Å². The molecule has 1 aromatic carbocycles. The van der Waals surface area contributed by atoms with E-state index >= 15 is 0 Å². The molecule has 2 rings (SSSR count). The number of carboxylic acid groups (broad SMARTS) is 1. The zero-order chi connectivity index (χ0) is 16.3. The summed E-state index contributed by atoms with van der Waals surface area (Å²) in [6.45, 7) is 2.25. The van der Waals surface area contributed by atoms with Crippen LogP contribution in [0.1, 0.15) is 25.3 Å². The molecule has 0 aromatic heterocycles. The zero-order valence-corrected chi connectivity index (χ0v) is 13.0. The predicted octanol–water partition coefficient (Wildman–Crippen LogP) is 1.92. The molecule has 1 heterocycles. The van der Waals surface area contributed by atoms with E-state index in [1.165, 1.54) is 0 Å². The van der Waals surface area contributed by atoms with Crippen molar-refractivity contribution in [1.82, 2.24) is 4.90 Å². The molecule has 0 spiro atoms. The molecular weight excluding hydrogens is 286 g/mol. The fraction of sp³-hybridized carbons (Fsp3) is 0.500. The normalized spacial score (nSPS) is 20.5. The number of likely N-dealkylation sites (tertiary alicyclic amines) is 1. The summed E-state index contributed by atoms with van der Waals surface area (Å²) in [5.41, 5.74) is 0.835. The maximum Gasteiger partial charge on any atom is 0.305 e. The number of amides is 1. The lowest BCUT2D eigenvalue weighted by molar-refractivity contribution is -0.161. The van der Waals surface area contributed by atoms with Gasteiger partial charge in [0.1, 0.15) is 11.5 Å². The van der Waals surface area contributed by atoms with Gasteiger partial charge in [0.15, 0.2) is 0 Å². The molecule has 0 radical (unpaired) electrons. The molecule has 1 fully saturated rings. The number of β-lactam (4-membered cyclic amide) rings is 1. The summed E-state index contributed by atoms with van der Waals surface area (Å²) < 4.78 is 10.5. The maximum atomic E-state index is 12.2. The smallest absolute Gasteiger partial charge is 0.305 e. The molecule has 1 aromatic rings. The molecule has 2 atom stereocenters. The van der Waals surface area contributed by atoms with Crippen LogP contribution in [0.5, 0.6) is 11.5 Å². The molecule has 6 heteroatoms. The van der Waals surface area contributed by atoms with E-state index in [4.69, 9.17) is 14.6 Å². The van der Waals surface area contributed by atoms with Crippen molar-refractivity contribution in [3.63, 3.8) is 0 Å². The molecule has 1 aliphatic heterocycles. The van der Waals surface area contributed by atoms with Gasteiger partial charge in [-0.15, -0.1) is 0 Å². The quantitative estimate of drug-likeness (QED) is 0.779. The number of aliphatic carboxylic acids is 1. The number of methoxy groups -OCH3 is 2. The Hall–Kier alpha value is -2.24. The highest BCUT2D eigenvalue weighted by molar-refractivity contribution is 5.87. The van der Waals surface area contributed by atoms with Crippen LogP contribution in [-0.2, 0) is 16.1 Å². The van der Waals surface area contributed by atoms with Gasteiger partial charge in [0.05, 0.1) is 32.6 Å². The molecule has 22 heavy (non-hydrogen) atoms. The van der Waals surface area contributed by atoms with Gasteiger partial charge in [-0.2, -0.15) is 0 Å². The van der Waals surface area contributed by atoms with Crippen LogP contribution in [0, 0.1) is 5.92 Å². The Labute approximate surface area is 129 Å². The number of hydrogen-bond donors (Lipinski definition) is 1. The second-order valence-corrected chi connectivity index (χ2v) is 5.32. The number of rotatable bonds is 7. The van der Waals surface area contributed by atoms with Crippen LogP contribution in [0.3, 0.4) is 0 Å². The Kier molecular flexibility index (Phi) is 4.90. The highest BCUT2D eigenvalue weighted by atomic mass is 16.5. The summed E-state index contributed by atoms with van der Waals surface area (Å²) in [4.78, 5) is 24.8. The lowest BCUT2D eigenvalue weighted by atomic mass is 9.82. The molecule has 1 amide bonds. The minimum absolute atomic E-state index is 0.00613. The number of carboxylic acids is 1. The van der Waals surface area contributed by atoms with Gasteiger partial charge in [-0.3, -0.25) is 9.59 Å². The van der Waals surface area contributed by atoms with E-state index < -0.39 is 5.97 Å². The minimum atomic E-state index is -0.886. The summed E-state index contributed by atoms with van der Waals surface area (Å²) >= 11 is 0. The van der Waals surface area contributed by atoms with Gasteiger partial charge in [0.2, 0.25) is 5.91 Å². The summed E-state index contributed by atoms with van der Waals surface area (Å²) in [7, 11) is 3.13.